The number of phenols is 2. The number of nitrogens with two attached hydrogens (primary N) is 1. The fourth-order valence-corrected chi connectivity index (χ4v) is 3.67. The Balaban J connectivity index is 2.78. The molecule has 1 rings (SSSR count). The molecule has 0 spiro atoms. The molecule has 1 aromatic carbocycles. The van der Waals surface area contributed by atoms with Crippen LogP contribution in [0.25, 0.3) is 0 Å². The lowest BCUT2D eigenvalue weighted by Gasteiger charge is -2.25. The summed E-state index contributed by atoms with van der Waals surface area (Å²) >= 11 is 0. The number of carboxylic acid groups (broad SMARTS) is 1. The molecule has 13 heteroatoms. The molecule has 39 heavy (non-hydrogen) atoms. The zero-order valence-electron chi connectivity index (χ0n) is 22.7. The summed E-state index contributed by atoms with van der Waals surface area (Å²) in [4.78, 5) is 62.0. The Morgan fingerprint density at radius 3 is 2.21 bits per heavy atom. The molecule has 0 aromatic heterocycles. The average molecular weight is 552 g/mol. The number of nitrogens with one attached hydrogen (secondary N) is 4. The van der Waals surface area contributed by atoms with E-state index < -0.39 is 47.7 Å². The van der Waals surface area contributed by atoms with E-state index in [1.165, 1.54) is 6.07 Å². The first-order valence-electron chi connectivity index (χ1n) is 13.1. The largest absolute Gasteiger partial charge is 0.508 e. The van der Waals surface area contributed by atoms with Crippen LogP contribution >= 0.6 is 0 Å². The number of amides is 4. The first-order chi connectivity index (χ1) is 18.4. The van der Waals surface area contributed by atoms with E-state index in [2.05, 4.69) is 21.3 Å². The summed E-state index contributed by atoms with van der Waals surface area (Å²) in [6.07, 6.45) is 1.96. The third-order valence-corrected chi connectivity index (χ3v) is 6.28. The number of hydrogen-bond acceptors (Lipinski definition) is 8. The lowest BCUT2D eigenvalue weighted by Crippen LogP contribution is -2.54. The van der Waals surface area contributed by atoms with Crippen molar-refractivity contribution >= 4 is 29.6 Å². The van der Waals surface area contributed by atoms with Gasteiger partial charge in [0.2, 0.25) is 17.7 Å². The molecule has 13 nitrogen and oxygen atoms in total. The number of carbonyl (C=O) groups excluding carboxylic acids is 4. The van der Waals surface area contributed by atoms with Gasteiger partial charge in [0.25, 0.3) is 5.91 Å². The highest BCUT2D eigenvalue weighted by atomic mass is 16.4. The molecule has 0 heterocycles. The molecule has 0 bridgehead atoms. The van der Waals surface area contributed by atoms with Crippen molar-refractivity contribution in [3.8, 4) is 11.5 Å². The van der Waals surface area contributed by atoms with Crippen LogP contribution in [0.15, 0.2) is 18.2 Å². The van der Waals surface area contributed by atoms with Crippen LogP contribution in [-0.4, -0.2) is 76.1 Å². The SMILES string of the molecule is CC[C@H](NC(=O)[C@@H](NC(=O)CCNC(=O)[C@H](CCCCN)NC(=O)c1cc(O)ccc1O)[C@@H](C)CC)C(=O)O. The van der Waals surface area contributed by atoms with Gasteiger partial charge in [0, 0.05) is 13.0 Å². The van der Waals surface area contributed by atoms with Gasteiger partial charge in [-0.25, -0.2) is 4.79 Å². The summed E-state index contributed by atoms with van der Waals surface area (Å²) in [6.45, 7) is 5.52. The number of aromatic hydroxyl groups is 2. The maximum Gasteiger partial charge on any atom is 0.326 e. The zero-order valence-corrected chi connectivity index (χ0v) is 22.7. The predicted molar refractivity (Wildman–Crippen MR) is 143 cm³/mol. The molecule has 0 aliphatic carbocycles. The van der Waals surface area contributed by atoms with Gasteiger partial charge in [0.1, 0.15) is 29.6 Å². The Bertz CT molecular complexity index is 1000. The van der Waals surface area contributed by atoms with E-state index >= 15 is 0 Å². The Kier molecular flexibility index (Phi) is 14.3. The molecule has 1 aromatic rings. The standard InChI is InChI=1S/C26H41N5O8/c1-4-15(3)22(25(37)29-18(5-2)26(38)39)31-21(34)11-13-28-24(36)19(8-6-7-12-27)30-23(35)17-14-16(32)9-10-20(17)33/h9-10,14-15,18-19,22,32-33H,4-8,11-13,27H2,1-3H3,(H,28,36)(H,29,37)(H,30,35)(H,31,34)(H,38,39)/t15-,18-,19-,22-/m0/s1. The van der Waals surface area contributed by atoms with Crippen molar-refractivity contribution in [1.82, 2.24) is 21.3 Å². The second-order valence-electron chi connectivity index (χ2n) is 9.29. The topological polar surface area (TPSA) is 220 Å². The van der Waals surface area contributed by atoms with Gasteiger partial charge in [-0.05, 0) is 56.3 Å². The summed E-state index contributed by atoms with van der Waals surface area (Å²) in [7, 11) is 0. The first kappa shape index (κ1) is 33.2. The van der Waals surface area contributed by atoms with E-state index in [4.69, 9.17) is 5.73 Å². The summed E-state index contributed by atoms with van der Waals surface area (Å²) in [6, 6.07) is 0.426. The smallest absolute Gasteiger partial charge is 0.326 e. The van der Waals surface area contributed by atoms with Gasteiger partial charge in [-0.3, -0.25) is 19.2 Å². The van der Waals surface area contributed by atoms with E-state index in [-0.39, 0.29) is 48.8 Å². The lowest BCUT2D eigenvalue weighted by atomic mass is 9.97. The Labute approximate surface area is 227 Å². The molecule has 4 atom stereocenters. The second-order valence-corrected chi connectivity index (χ2v) is 9.29. The van der Waals surface area contributed by atoms with E-state index in [0.717, 1.165) is 12.1 Å². The predicted octanol–water partition coefficient (Wildman–Crippen LogP) is 0.342. The number of benzene rings is 1. The maximum absolute atomic E-state index is 12.8. The van der Waals surface area contributed by atoms with Crippen LogP contribution in [0, 0.1) is 5.92 Å². The second kappa shape index (κ2) is 16.9. The molecule has 0 saturated carbocycles. The van der Waals surface area contributed by atoms with E-state index in [9.17, 15) is 39.3 Å². The van der Waals surface area contributed by atoms with Crippen LogP contribution in [0.2, 0.25) is 0 Å². The summed E-state index contributed by atoms with van der Waals surface area (Å²) in [5.41, 5.74) is 5.32. The molecular weight excluding hydrogens is 510 g/mol. The summed E-state index contributed by atoms with van der Waals surface area (Å²) in [5, 5.41) is 38.9. The van der Waals surface area contributed by atoms with Crippen molar-refractivity contribution in [2.45, 2.75) is 77.4 Å². The van der Waals surface area contributed by atoms with Crippen LogP contribution in [0.3, 0.4) is 0 Å². The first-order valence-corrected chi connectivity index (χ1v) is 13.1. The van der Waals surface area contributed by atoms with Crippen LogP contribution in [0.4, 0.5) is 0 Å². The number of unbranched alkanes of at least 4 members (excludes halogenated alkanes) is 1. The highest BCUT2D eigenvalue weighted by Gasteiger charge is 2.29. The number of carbonyl (C=O) groups is 5. The van der Waals surface area contributed by atoms with Crippen LogP contribution in [0.5, 0.6) is 11.5 Å². The summed E-state index contributed by atoms with van der Waals surface area (Å²) in [5.74, 6) is -4.48. The quantitative estimate of drug-likeness (QED) is 0.0986. The van der Waals surface area contributed by atoms with Crippen molar-refractivity contribution < 1.29 is 39.3 Å². The van der Waals surface area contributed by atoms with Crippen molar-refractivity contribution in [2.24, 2.45) is 11.7 Å². The molecule has 0 aliphatic rings. The number of carboxylic acids is 1. The average Bonchev–Trinajstić information content (AvgIpc) is 2.90. The lowest BCUT2D eigenvalue weighted by molar-refractivity contribution is -0.142. The van der Waals surface area contributed by atoms with Crippen molar-refractivity contribution in [3.05, 3.63) is 23.8 Å². The minimum atomic E-state index is -1.17. The number of aliphatic carboxylic acids is 1. The fraction of sp³-hybridized carbons (Fsp3) is 0.577. The maximum atomic E-state index is 12.8. The van der Waals surface area contributed by atoms with E-state index in [1.54, 1.807) is 13.8 Å². The van der Waals surface area contributed by atoms with Crippen molar-refractivity contribution in [2.75, 3.05) is 13.1 Å². The fourth-order valence-electron chi connectivity index (χ4n) is 3.67. The molecule has 0 saturated heterocycles. The van der Waals surface area contributed by atoms with E-state index in [1.807, 2.05) is 6.92 Å². The summed E-state index contributed by atoms with van der Waals surface area (Å²) < 4.78 is 0. The molecule has 4 amide bonds. The van der Waals surface area contributed by atoms with Gasteiger partial charge in [-0.1, -0.05) is 27.2 Å². The monoisotopic (exact) mass is 551 g/mol. The van der Waals surface area contributed by atoms with Gasteiger partial charge in [0.05, 0.1) is 5.56 Å². The molecule has 0 unspecified atom stereocenters. The van der Waals surface area contributed by atoms with Gasteiger partial charge < -0.3 is 42.3 Å². The highest BCUT2D eigenvalue weighted by Crippen LogP contribution is 2.22. The van der Waals surface area contributed by atoms with Crippen LogP contribution < -0.4 is 27.0 Å². The number of hydrogen-bond donors (Lipinski definition) is 8. The van der Waals surface area contributed by atoms with Gasteiger partial charge in [-0.15, -0.1) is 0 Å². The minimum absolute atomic E-state index is 0.0904. The molecule has 218 valence electrons. The Hall–Kier alpha value is -3.87. The van der Waals surface area contributed by atoms with Gasteiger partial charge in [-0.2, -0.15) is 0 Å². The zero-order chi connectivity index (χ0) is 29.5. The number of rotatable bonds is 17. The van der Waals surface area contributed by atoms with Crippen LogP contribution in [-0.2, 0) is 19.2 Å². The normalized spacial score (nSPS) is 13.8. The van der Waals surface area contributed by atoms with Crippen molar-refractivity contribution in [1.29, 1.82) is 0 Å². The molecule has 0 aliphatic heterocycles. The third-order valence-electron chi connectivity index (χ3n) is 6.28. The van der Waals surface area contributed by atoms with E-state index in [0.29, 0.717) is 25.8 Å². The molecular formula is C26H41N5O8. The molecule has 0 fully saturated rings. The Morgan fingerprint density at radius 1 is 0.923 bits per heavy atom. The van der Waals surface area contributed by atoms with Gasteiger partial charge in [0.15, 0.2) is 0 Å². The molecule has 9 N–H and O–H groups in total. The van der Waals surface area contributed by atoms with Crippen molar-refractivity contribution in [3.63, 3.8) is 0 Å². The number of phenolic OH excluding ortho intramolecular Hbond substituents is 2. The molecule has 0 radical (unpaired) electrons. The highest BCUT2D eigenvalue weighted by molar-refractivity contribution is 6.00. The van der Waals surface area contributed by atoms with Crippen LogP contribution in [0.1, 0.15) is 69.7 Å². The minimum Gasteiger partial charge on any atom is -0.508 e. The third kappa shape index (κ3) is 11.2. The Morgan fingerprint density at radius 2 is 1.62 bits per heavy atom. The van der Waals surface area contributed by atoms with Gasteiger partial charge >= 0.3 is 5.97 Å².